The molecule has 0 bridgehead atoms. The molecule has 3 atom stereocenters. The van der Waals surface area contributed by atoms with Gasteiger partial charge < -0.3 is 24.6 Å². The van der Waals surface area contributed by atoms with Crippen molar-refractivity contribution in [2.75, 3.05) is 20.3 Å². The van der Waals surface area contributed by atoms with Gasteiger partial charge in [-0.25, -0.2) is 4.79 Å². The monoisotopic (exact) mass is 443 g/mol. The molecule has 0 amide bonds. The predicted octanol–water partition coefficient (Wildman–Crippen LogP) is 2.97. The third-order valence-electron chi connectivity index (χ3n) is 5.86. The largest absolute Gasteiger partial charge is 0.504 e. The summed E-state index contributed by atoms with van der Waals surface area (Å²) >= 11 is 0. The van der Waals surface area contributed by atoms with Gasteiger partial charge in [0, 0.05) is 22.9 Å². The Morgan fingerprint density at radius 3 is 2.56 bits per heavy atom. The minimum atomic E-state index is -0.964. The average molecular weight is 443 g/mol. The smallest absolute Gasteiger partial charge is 0.336 e. The maximum Gasteiger partial charge on any atom is 0.336 e. The normalized spacial score (nSPS) is 22.8. The van der Waals surface area contributed by atoms with Gasteiger partial charge in [0.05, 0.1) is 25.9 Å². The van der Waals surface area contributed by atoms with E-state index in [1.54, 1.807) is 32.9 Å². The van der Waals surface area contributed by atoms with Crippen LogP contribution in [0.1, 0.15) is 45.6 Å². The number of aromatic hydroxyl groups is 1. The molecular weight excluding hydrogens is 414 g/mol. The molecule has 1 heterocycles. The second-order valence-electron chi connectivity index (χ2n) is 7.92. The molecule has 0 saturated heterocycles. The molecule has 8 heteroatoms. The number of nitrogens with one attached hydrogen (secondary N) is 1. The van der Waals surface area contributed by atoms with Crippen molar-refractivity contribution in [3.05, 3.63) is 46.3 Å². The molecule has 32 heavy (non-hydrogen) atoms. The lowest BCUT2D eigenvalue weighted by atomic mass is 9.69. The Bertz CT molecular complexity index is 1010. The summed E-state index contributed by atoms with van der Waals surface area (Å²) in [7, 11) is 1.26. The minimum absolute atomic E-state index is 0.0480. The van der Waals surface area contributed by atoms with Crippen LogP contribution >= 0.6 is 0 Å². The Morgan fingerprint density at radius 2 is 1.94 bits per heavy atom. The van der Waals surface area contributed by atoms with Crippen LogP contribution in [0.2, 0.25) is 0 Å². The number of carbonyl (C=O) groups excluding carboxylic acids is 3. The van der Waals surface area contributed by atoms with Gasteiger partial charge in [0.15, 0.2) is 17.3 Å². The fraction of sp³-hybridized carbons (Fsp3) is 0.458. The summed E-state index contributed by atoms with van der Waals surface area (Å²) in [5.41, 5.74) is 2.44. The summed E-state index contributed by atoms with van der Waals surface area (Å²) in [4.78, 5) is 39.0. The van der Waals surface area contributed by atoms with Crippen molar-refractivity contribution >= 4 is 17.7 Å². The number of Topliss-reactive ketones (excluding diaryl/α,β-unsaturated/α-hetero) is 1. The first-order valence-electron chi connectivity index (χ1n) is 10.7. The number of ketones is 1. The van der Waals surface area contributed by atoms with Crippen molar-refractivity contribution in [3.8, 4) is 11.5 Å². The number of carbonyl (C=O) groups is 3. The summed E-state index contributed by atoms with van der Waals surface area (Å²) < 4.78 is 15.7. The number of ether oxygens (including phenoxy) is 3. The number of esters is 2. The standard InChI is InChI=1S/C24H29NO7/c1-6-31-17-11-14(8-9-16(17)26)20-19(24(29)32-7-2)13(4)25-15-10-12(3)18(23(28)30-5)22(27)21(15)20/h8-9,11-12,18,20,25-26H,6-7,10H2,1-5H3/t12-,18+,20+/m0/s1. The first-order chi connectivity index (χ1) is 15.2. The summed E-state index contributed by atoms with van der Waals surface area (Å²) in [6, 6.07) is 4.72. The molecule has 3 rings (SSSR count). The fourth-order valence-electron chi connectivity index (χ4n) is 4.47. The van der Waals surface area contributed by atoms with Crippen LogP contribution in [-0.2, 0) is 23.9 Å². The summed E-state index contributed by atoms with van der Waals surface area (Å²) in [5, 5.41) is 13.4. The Labute approximate surface area is 187 Å². The van der Waals surface area contributed by atoms with E-state index in [1.165, 1.54) is 13.2 Å². The third kappa shape index (κ3) is 4.09. The highest BCUT2D eigenvalue weighted by Gasteiger charge is 2.47. The number of phenols is 1. The van der Waals surface area contributed by atoms with E-state index in [-0.39, 0.29) is 35.4 Å². The molecule has 0 spiro atoms. The number of benzene rings is 1. The van der Waals surface area contributed by atoms with E-state index in [9.17, 15) is 19.5 Å². The zero-order valence-electron chi connectivity index (χ0n) is 19.0. The van der Waals surface area contributed by atoms with Gasteiger partial charge in [0.1, 0.15) is 5.92 Å². The van der Waals surface area contributed by atoms with Crippen molar-refractivity contribution in [2.24, 2.45) is 11.8 Å². The van der Waals surface area contributed by atoms with E-state index < -0.39 is 23.8 Å². The zero-order chi connectivity index (χ0) is 23.6. The van der Waals surface area contributed by atoms with Gasteiger partial charge in [0.2, 0.25) is 0 Å². The maximum atomic E-state index is 13.6. The van der Waals surface area contributed by atoms with E-state index in [0.29, 0.717) is 35.6 Å². The zero-order valence-corrected chi connectivity index (χ0v) is 19.0. The van der Waals surface area contributed by atoms with Crippen molar-refractivity contribution < 1.29 is 33.7 Å². The van der Waals surface area contributed by atoms with Crippen molar-refractivity contribution in [2.45, 2.75) is 40.0 Å². The molecule has 1 aliphatic carbocycles. The number of dihydropyridines is 1. The van der Waals surface area contributed by atoms with E-state index in [4.69, 9.17) is 14.2 Å². The topological polar surface area (TPSA) is 111 Å². The molecule has 8 nitrogen and oxygen atoms in total. The molecule has 0 aromatic heterocycles. The molecule has 1 aromatic rings. The lowest BCUT2D eigenvalue weighted by Crippen LogP contribution is -2.43. The SMILES string of the molecule is CCOC(=O)C1=C(C)NC2=C(C(=O)[C@H](C(=O)OC)[C@@H](C)C2)[C@@H]1c1ccc(O)c(OCC)c1. The number of hydrogen-bond acceptors (Lipinski definition) is 8. The van der Waals surface area contributed by atoms with Crippen molar-refractivity contribution in [1.82, 2.24) is 5.32 Å². The van der Waals surface area contributed by atoms with Gasteiger partial charge >= 0.3 is 11.9 Å². The maximum absolute atomic E-state index is 13.6. The van der Waals surface area contributed by atoms with E-state index in [0.717, 1.165) is 0 Å². The molecule has 0 radical (unpaired) electrons. The summed E-state index contributed by atoms with van der Waals surface area (Å²) in [6.07, 6.45) is 0.446. The van der Waals surface area contributed by atoms with Crippen LogP contribution in [0.25, 0.3) is 0 Å². The molecule has 0 saturated carbocycles. The Morgan fingerprint density at radius 1 is 1.22 bits per heavy atom. The first kappa shape index (κ1) is 23.4. The van der Waals surface area contributed by atoms with Crippen LogP contribution in [0.4, 0.5) is 0 Å². The second kappa shape index (κ2) is 9.46. The molecule has 0 fully saturated rings. The van der Waals surface area contributed by atoms with Crippen LogP contribution in [0.5, 0.6) is 11.5 Å². The molecule has 172 valence electrons. The van der Waals surface area contributed by atoms with Crippen molar-refractivity contribution in [1.29, 1.82) is 0 Å². The average Bonchev–Trinajstić information content (AvgIpc) is 2.74. The highest BCUT2D eigenvalue weighted by molar-refractivity contribution is 6.12. The Balaban J connectivity index is 2.22. The van der Waals surface area contributed by atoms with E-state index in [1.807, 2.05) is 6.92 Å². The van der Waals surface area contributed by atoms with Gasteiger partial charge in [0.25, 0.3) is 0 Å². The highest BCUT2D eigenvalue weighted by atomic mass is 16.5. The van der Waals surface area contributed by atoms with Gasteiger partial charge in [-0.2, -0.15) is 0 Å². The molecule has 0 unspecified atom stereocenters. The lowest BCUT2D eigenvalue weighted by Gasteiger charge is -2.38. The number of allylic oxidation sites excluding steroid dienone is 3. The summed E-state index contributed by atoms with van der Waals surface area (Å²) in [6.45, 7) is 7.58. The van der Waals surface area contributed by atoms with Gasteiger partial charge in [-0.15, -0.1) is 0 Å². The van der Waals surface area contributed by atoms with Crippen LogP contribution in [0, 0.1) is 11.8 Å². The molecular formula is C24H29NO7. The number of rotatable bonds is 6. The first-order valence-corrected chi connectivity index (χ1v) is 10.7. The number of hydrogen-bond donors (Lipinski definition) is 2. The molecule has 2 aliphatic rings. The van der Waals surface area contributed by atoms with E-state index >= 15 is 0 Å². The quantitative estimate of drug-likeness (QED) is 0.510. The van der Waals surface area contributed by atoms with Crippen LogP contribution in [0.3, 0.4) is 0 Å². The Kier molecular flexibility index (Phi) is 6.91. The minimum Gasteiger partial charge on any atom is -0.504 e. The predicted molar refractivity (Wildman–Crippen MR) is 116 cm³/mol. The fourth-order valence-corrected chi connectivity index (χ4v) is 4.47. The Hall–Kier alpha value is -3.29. The van der Waals surface area contributed by atoms with E-state index in [2.05, 4.69) is 5.32 Å². The second-order valence-corrected chi connectivity index (χ2v) is 7.92. The van der Waals surface area contributed by atoms with Crippen LogP contribution in [-0.4, -0.2) is 43.2 Å². The molecule has 1 aliphatic heterocycles. The third-order valence-corrected chi connectivity index (χ3v) is 5.86. The molecule has 2 N–H and O–H groups in total. The summed E-state index contributed by atoms with van der Waals surface area (Å²) in [5.74, 6) is -3.36. The number of methoxy groups -OCH3 is 1. The van der Waals surface area contributed by atoms with Gasteiger partial charge in [-0.05, 0) is 50.8 Å². The van der Waals surface area contributed by atoms with Crippen LogP contribution < -0.4 is 10.1 Å². The van der Waals surface area contributed by atoms with Gasteiger partial charge in [-0.1, -0.05) is 13.0 Å². The molecule has 1 aromatic carbocycles. The number of phenolic OH excluding ortho intramolecular Hbond substituents is 1. The highest BCUT2D eigenvalue weighted by Crippen LogP contribution is 2.46. The van der Waals surface area contributed by atoms with Gasteiger partial charge in [-0.3, -0.25) is 9.59 Å². The van der Waals surface area contributed by atoms with Crippen molar-refractivity contribution in [3.63, 3.8) is 0 Å². The lowest BCUT2D eigenvalue weighted by molar-refractivity contribution is -0.151. The van der Waals surface area contributed by atoms with Crippen LogP contribution in [0.15, 0.2) is 40.7 Å².